The van der Waals surface area contributed by atoms with Gasteiger partial charge < -0.3 is 10.6 Å². The van der Waals surface area contributed by atoms with Gasteiger partial charge in [-0.2, -0.15) is 17.5 Å². The summed E-state index contributed by atoms with van der Waals surface area (Å²) in [4.78, 5) is 24.0. The number of hydrogen-bond acceptors (Lipinski definition) is 4. The summed E-state index contributed by atoms with van der Waals surface area (Å²) in [5.41, 5.74) is -0.0309. The number of nitrogens with zero attached hydrogens (tertiary/aromatic N) is 1. The van der Waals surface area contributed by atoms with Gasteiger partial charge in [-0.3, -0.25) is 9.59 Å². The number of carbonyl (C=O) groups is 2. The Bertz CT molecular complexity index is 1230. The highest BCUT2D eigenvalue weighted by Gasteiger charge is 2.45. The predicted octanol–water partition coefficient (Wildman–Crippen LogP) is 3.34. The van der Waals surface area contributed by atoms with Gasteiger partial charge in [0, 0.05) is 31.2 Å². The van der Waals surface area contributed by atoms with Crippen molar-refractivity contribution in [3.63, 3.8) is 0 Å². The molecule has 2 aromatic carbocycles. The molecule has 192 valence electrons. The number of rotatable bonds is 7. The average molecular weight is 522 g/mol. The Labute approximate surface area is 207 Å². The fourth-order valence-corrected chi connectivity index (χ4v) is 6.41. The zero-order valence-corrected chi connectivity index (χ0v) is 20.1. The normalized spacial score (nSPS) is 22.1. The Morgan fingerprint density at radius 1 is 1.00 bits per heavy atom. The highest BCUT2D eigenvalue weighted by atomic mass is 32.2. The zero-order valence-electron chi connectivity index (χ0n) is 19.3. The van der Waals surface area contributed by atoms with Crippen LogP contribution < -0.4 is 10.6 Å². The van der Waals surface area contributed by atoms with Crippen LogP contribution in [0.15, 0.2) is 66.1 Å². The van der Waals surface area contributed by atoms with Crippen LogP contribution in [-0.2, 0) is 27.5 Å². The second-order valence-corrected chi connectivity index (χ2v) is 11.1. The average Bonchev–Trinajstić information content (AvgIpc) is 3.41. The van der Waals surface area contributed by atoms with Gasteiger partial charge in [-0.25, -0.2) is 8.42 Å². The fourth-order valence-electron chi connectivity index (χ4n) is 4.85. The first kappa shape index (κ1) is 25.9. The maximum Gasteiger partial charge on any atom is 0.416 e. The lowest BCUT2D eigenvalue weighted by Gasteiger charge is -2.19. The molecule has 2 amide bonds. The van der Waals surface area contributed by atoms with Gasteiger partial charge in [-0.1, -0.05) is 18.7 Å². The maximum atomic E-state index is 13.1. The Balaban J connectivity index is 1.33. The van der Waals surface area contributed by atoms with E-state index in [2.05, 4.69) is 17.2 Å². The third kappa shape index (κ3) is 5.62. The van der Waals surface area contributed by atoms with E-state index >= 15 is 0 Å². The maximum absolute atomic E-state index is 13.1. The Morgan fingerprint density at radius 3 is 2.11 bits per heavy atom. The summed E-state index contributed by atoms with van der Waals surface area (Å²) in [7, 11) is -3.73. The van der Waals surface area contributed by atoms with Crippen LogP contribution >= 0.6 is 0 Å². The number of amides is 2. The van der Waals surface area contributed by atoms with Gasteiger partial charge >= 0.3 is 6.18 Å². The van der Waals surface area contributed by atoms with E-state index < -0.39 is 27.7 Å². The number of halogens is 3. The van der Waals surface area contributed by atoms with E-state index in [0.717, 1.165) is 12.1 Å². The largest absolute Gasteiger partial charge is 0.416 e. The molecule has 0 bridgehead atoms. The van der Waals surface area contributed by atoms with E-state index in [-0.39, 0.29) is 40.8 Å². The van der Waals surface area contributed by atoms with E-state index in [1.807, 2.05) is 0 Å². The van der Waals surface area contributed by atoms with Gasteiger partial charge in [0.2, 0.25) is 15.9 Å². The molecular formula is C25H26F3N3O4S. The lowest BCUT2D eigenvalue weighted by molar-refractivity contribution is -0.137. The van der Waals surface area contributed by atoms with Crippen molar-refractivity contribution >= 4 is 21.8 Å². The summed E-state index contributed by atoms with van der Waals surface area (Å²) in [5.74, 6) is -0.356. The second-order valence-electron chi connectivity index (χ2n) is 9.12. The standard InChI is InChI=1S/C25H26F3N3O4S/c1-2-23(32)30-21-11-18-14-31(15-19(18)12-21)36(34,35)22-9-5-17(6-10-22)24(33)29-13-16-3-7-20(8-4-16)25(26,27)28/h2-10,18-19,21H,1,11-15H2,(H,29,33)(H,30,32). The molecule has 1 aliphatic heterocycles. The highest BCUT2D eigenvalue weighted by molar-refractivity contribution is 7.89. The first-order chi connectivity index (χ1) is 17.0. The molecule has 1 saturated heterocycles. The van der Waals surface area contributed by atoms with E-state index in [1.165, 1.54) is 46.8 Å². The molecule has 0 spiro atoms. The van der Waals surface area contributed by atoms with E-state index in [1.54, 1.807) is 0 Å². The summed E-state index contributed by atoms with van der Waals surface area (Å²) < 4.78 is 65.7. The van der Waals surface area contributed by atoms with Crippen LogP contribution in [0.5, 0.6) is 0 Å². The molecule has 0 aromatic heterocycles. The monoisotopic (exact) mass is 521 g/mol. The van der Waals surface area contributed by atoms with Crippen molar-refractivity contribution in [3.05, 3.63) is 77.9 Å². The molecule has 2 fully saturated rings. The van der Waals surface area contributed by atoms with E-state index in [0.29, 0.717) is 31.5 Å². The molecule has 2 unspecified atom stereocenters. The quantitative estimate of drug-likeness (QED) is 0.547. The van der Waals surface area contributed by atoms with Gasteiger partial charge in [0.05, 0.1) is 10.5 Å². The summed E-state index contributed by atoms with van der Waals surface area (Å²) in [6, 6.07) is 10.1. The van der Waals surface area contributed by atoms with Crippen LogP contribution in [0, 0.1) is 11.8 Å². The van der Waals surface area contributed by atoms with E-state index in [4.69, 9.17) is 0 Å². The number of benzene rings is 2. The highest BCUT2D eigenvalue weighted by Crippen LogP contribution is 2.40. The molecule has 1 aliphatic carbocycles. The summed E-state index contributed by atoms with van der Waals surface area (Å²) >= 11 is 0. The number of nitrogens with one attached hydrogen (secondary N) is 2. The van der Waals surface area contributed by atoms with Crippen molar-refractivity contribution in [1.82, 2.24) is 14.9 Å². The molecule has 11 heteroatoms. The molecule has 2 aliphatic rings. The number of carbonyl (C=O) groups excluding carboxylic acids is 2. The number of sulfonamides is 1. The topological polar surface area (TPSA) is 95.6 Å². The van der Waals surface area contributed by atoms with Crippen LogP contribution in [0.1, 0.15) is 34.3 Å². The first-order valence-corrected chi connectivity index (χ1v) is 12.9. The smallest absolute Gasteiger partial charge is 0.350 e. The van der Waals surface area contributed by atoms with Crippen molar-refractivity contribution < 1.29 is 31.2 Å². The van der Waals surface area contributed by atoms with Crippen molar-refractivity contribution in [2.45, 2.75) is 36.5 Å². The Kier molecular flexibility index (Phi) is 7.24. The number of hydrogen-bond donors (Lipinski definition) is 2. The molecule has 36 heavy (non-hydrogen) atoms. The molecule has 0 radical (unpaired) electrons. The second kappa shape index (κ2) is 10.1. The minimum absolute atomic E-state index is 0.0238. The van der Waals surface area contributed by atoms with Gasteiger partial charge in [0.25, 0.3) is 5.91 Å². The lowest BCUT2D eigenvalue weighted by Crippen LogP contribution is -2.35. The minimum Gasteiger partial charge on any atom is -0.350 e. The molecule has 2 N–H and O–H groups in total. The van der Waals surface area contributed by atoms with E-state index in [9.17, 15) is 31.2 Å². The van der Waals surface area contributed by atoms with Crippen molar-refractivity contribution in [1.29, 1.82) is 0 Å². The van der Waals surface area contributed by atoms with Gasteiger partial charge in [-0.15, -0.1) is 0 Å². The van der Waals surface area contributed by atoms with Gasteiger partial charge in [-0.05, 0) is 72.7 Å². The molecule has 4 rings (SSSR count). The van der Waals surface area contributed by atoms with Crippen LogP contribution in [-0.4, -0.2) is 43.7 Å². The Morgan fingerprint density at radius 2 is 1.58 bits per heavy atom. The van der Waals surface area contributed by atoms with Crippen molar-refractivity contribution in [2.75, 3.05) is 13.1 Å². The van der Waals surface area contributed by atoms with Crippen LogP contribution in [0.3, 0.4) is 0 Å². The summed E-state index contributed by atoms with van der Waals surface area (Å²) in [5, 5.41) is 5.50. The Hall–Kier alpha value is -3.18. The van der Waals surface area contributed by atoms with Gasteiger partial charge in [0.15, 0.2) is 0 Å². The summed E-state index contributed by atoms with van der Waals surface area (Å²) in [6.45, 7) is 4.23. The van der Waals surface area contributed by atoms with Crippen LogP contribution in [0.25, 0.3) is 0 Å². The van der Waals surface area contributed by atoms with Gasteiger partial charge in [0.1, 0.15) is 0 Å². The molecule has 1 saturated carbocycles. The molecule has 1 heterocycles. The number of fused-ring (bicyclic) bond motifs is 1. The fraction of sp³-hybridized carbons (Fsp3) is 0.360. The first-order valence-electron chi connectivity index (χ1n) is 11.4. The molecular weight excluding hydrogens is 495 g/mol. The number of alkyl halides is 3. The lowest BCUT2D eigenvalue weighted by atomic mass is 10.0. The minimum atomic E-state index is -4.43. The predicted molar refractivity (Wildman–Crippen MR) is 126 cm³/mol. The van der Waals surface area contributed by atoms with Crippen LogP contribution in [0.4, 0.5) is 13.2 Å². The van der Waals surface area contributed by atoms with Crippen molar-refractivity contribution in [2.24, 2.45) is 11.8 Å². The molecule has 2 atom stereocenters. The van der Waals surface area contributed by atoms with Crippen molar-refractivity contribution in [3.8, 4) is 0 Å². The third-order valence-corrected chi connectivity index (χ3v) is 8.58. The van der Waals surface area contributed by atoms with Crippen LogP contribution in [0.2, 0.25) is 0 Å². The zero-order chi connectivity index (χ0) is 26.1. The summed E-state index contributed by atoms with van der Waals surface area (Å²) in [6.07, 6.45) is -1.77. The third-order valence-electron chi connectivity index (χ3n) is 6.74. The molecule has 7 nitrogen and oxygen atoms in total. The molecule has 2 aromatic rings. The SMILES string of the molecule is C=CC(=O)NC1CC2CN(S(=O)(=O)c3ccc(C(=O)NCc4ccc(C(F)(F)F)cc4)cc3)CC2C1.